The van der Waals surface area contributed by atoms with Crippen LogP contribution < -0.4 is 10.1 Å². The summed E-state index contributed by atoms with van der Waals surface area (Å²) in [6.07, 6.45) is 0.737. The Morgan fingerprint density at radius 1 is 1.15 bits per heavy atom. The predicted molar refractivity (Wildman–Crippen MR) is 129 cm³/mol. The van der Waals surface area contributed by atoms with E-state index in [2.05, 4.69) is 15.6 Å². The number of rotatable bonds is 11. The molecule has 1 atom stereocenters. The first-order chi connectivity index (χ1) is 16.3. The van der Waals surface area contributed by atoms with Gasteiger partial charge >= 0.3 is 0 Å². The smallest absolute Gasteiger partial charge is 0.247 e. The van der Waals surface area contributed by atoms with E-state index in [0.717, 1.165) is 11.9 Å². The Bertz CT molecular complexity index is 1130. The summed E-state index contributed by atoms with van der Waals surface area (Å²) in [5.41, 5.74) is 1.66. The van der Waals surface area contributed by atoms with E-state index >= 15 is 0 Å². The normalized spacial score (nSPS) is 12.4. The predicted octanol–water partition coefficient (Wildman–Crippen LogP) is 2.96. The number of carbonyl (C=O) groups excluding carboxylic acids is 2. The second-order valence-electron chi connectivity index (χ2n) is 8.72. The molecule has 1 N–H and O–H groups in total. The Kier molecular flexibility index (Phi) is 8.22. The largest absolute Gasteiger partial charge is 0.497 e. The van der Waals surface area contributed by atoms with Crippen LogP contribution in [0.25, 0.3) is 11.0 Å². The number of methoxy groups -OCH3 is 2. The molecular weight excluding hydrogens is 434 g/mol. The summed E-state index contributed by atoms with van der Waals surface area (Å²) in [6, 6.07) is 13.8. The molecule has 0 saturated carbocycles. The van der Waals surface area contributed by atoms with Gasteiger partial charge in [0.2, 0.25) is 11.8 Å². The lowest BCUT2D eigenvalue weighted by Gasteiger charge is -2.34. The van der Waals surface area contributed by atoms with Gasteiger partial charge in [-0.05, 0) is 50.1 Å². The van der Waals surface area contributed by atoms with Gasteiger partial charge in [-0.2, -0.15) is 0 Å². The Morgan fingerprint density at radius 3 is 2.62 bits per heavy atom. The molecule has 0 radical (unpaired) electrons. The minimum Gasteiger partial charge on any atom is -0.497 e. The SMILES string of the molecule is CCC(C)(C)NC(=O)C(c1cccc(OC)c1)N(CCOC)C(=O)Cn1nnc2ccccc21. The Hall–Kier alpha value is -3.46. The second-order valence-corrected chi connectivity index (χ2v) is 8.72. The summed E-state index contributed by atoms with van der Waals surface area (Å²) in [6.45, 7) is 6.35. The van der Waals surface area contributed by atoms with Crippen LogP contribution >= 0.6 is 0 Å². The number of carbonyl (C=O) groups is 2. The van der Waals surface area contributed by atoms with Crippen LogP contribution in [0, 0.1) is 0 Å². The number of fused-ring (bicyclic) bond motifs is 1. The van der Waals surface area contributed by atoms with Gasteiger partial charge in [-0.1, -0.05) is 36.4 Å². The quantitative estimate of drug-likeness (QED) is 0.466. The van der Waals surface area contributed by atoms with Gasteiger partial charge in [0.15, 0.2) is 0 Å². The maximum absolute atomic E-state index is 13.6. The molecule has 9 heteroatoms. The maximum Gasteiger partial charge on any atom is 0.247 e. The highest BCUT2D eigenvalue weighted by Gasteiger charge is 2.34. The summed E-state index contributed by atoms with van der Waals surface area (Å²) >= 11 is 0. The van der Waals surface area contributed by atoms with Crippen LogP contribution in [0.2, 0.25) is 0 Å². The van der Waals surface area contributed by atoms with Crippen molar-refractivity contribution in [1.82, 2.24) is 25.2 Å². The number of benzene rings is 2. The molecule has 0 spiro atoms. The molecule has 0 fully saturated rings. The van der Waals surface area contributed by atoms with E-state index in [4.69, 9.17) is 9.47 Å². The first kappa shape index (κ1) is 25.2. The van der Waals surface area contributed by atoms with Crippen molar-refractivity contribution in [3.8, 4) is 5.75 Å². The summed E-state index contributed by atoms with van der Waals surface area (Å²) in [4.78, 5) is 28.8. The minimum absolute atomic E-state index is 0.0604. The lowest BCUT2D eigenvalue weighted by atomic mass is 9.98. The first-order valence-electron chi connectivity index (χ1n) is 11.3. The molecule has 0 aliphatic carbocycles. The maximum atomic E-state index is 13.6. The average Bonchev–Trinajstić information content (AvgIpc) is 3.24. The third-order valence-electron chi connectivity index (χ3n) is 5.88. The van der Waals surface area contributed by atoms with Crippen molar-refractivity contribution < 1.29 is 19.1 Å². The Labute approximate surface area is 200 Å². The van der Waals surface area contributed by atoms with Gasteiger partial charge in [-0.3, -0.25) is 9.59 Å². The molecule has 2 amide bonds. The van der Waals surface area contributed by atoms with Gasteiger partial charge < -0.3 is 19.7 Å². The van der Waals surface area contributed by atoms with Gasteiger partial charge in [-0.15, -0.1) is 5.10 Å². The monoisotopic (exact) mass is 467 g/mol. The van der Waals surface area contributed by atoms with Crippen LogP contribution in [-0.2, 0) is 20.9 Å². The van der Waals surface area contributed by atoms with E-state index < -0.39 is 11.6 Å². The molecule has 0 aliphatic heterocycles. The van der Waals surface area contributed by atoms with Crippen molar-refractivity contribution in [3.63, 3.8) is 0 Å². The van der Waals surface area contributed by atoms with Crippen LogP contribution in [0.15, 0.2) is 48.5 Å². The standard InChI is InChI=1S/C25H33N5O4/c1-6-25(2,3)26-24(32)23(18-10-9-11-19(16-18)34-5)29(14-15-33-4)22(31)17-30-21-13-8-7-12-20(21)27-28-30/h7-13,16,23H,6,14-15,17H2,1-5H3,(H,26,32). The number of nitrogens with one attached hydrogen (secondary N) is 1. The highest BCUT2D eigenvalue weighted by molar-refractivity contribution is 5.89. The number of nitrogens with zero attached hydrogens (tertiary/aromatic N) is 4. The summed E-state index contributed by atoms with van der Waals surface area (Å²) in [5, 5.41) is 11.4. The molecule has 182 valence electrons. The van der Waals surface area contributed by atoms with Crippen molar-refractivity contribution in [1.29, 1.82) is 0 Å². The lowest BCUT2D eigenvalue weighted by molar-refractivity contribution is -0.143. The molecular formula is C25H33N5O4. The molecule has 1 aromatic heterocycles. The highest BCUT2D eigenvalue weighted by atomic mass is 16.5. The molecule has 1 heterocycles. The van der Waals surface area contributed by atoms with E-state index in [-0.39, 0.29) is 31.5 Å². The zero-order chi connectivity index (χ0) is 24.7. The molecule has 1 unspecified atom stereocenters. The van der Waals surface area contributed by atoms with Crippen molar-refractivity contribution in [3.05, 3.63) is 54.1 Å². The van der Waals surface area contributed by atoms with Gasteiger partial charge in [0.1, 0.15) is 23.9 Å². The molecule has 9 nitrogen and oxygen atoms in total. The fraction of sp³-hybridized carbons (Fsp3) is 0.440. The third kappa shape index (κ3) is 5.91. The summed E-state index contributed by atoms with van der Waals surface area (Å²) in [5.74, 6) is 0.0597. The van der Waals surface area contributed by atoms with Gasteiger partial charge in [0, 0.05) is 19.2 Å². The van der Waals surface area contributed by atoms with Crippen molar-refractivity contribution in [2.24, 2.45) is 0 Å². The fourth-order valence-corrected chi connectivity index (χ4v) is 3.62. The molecule has 3 aromatic rings. The van der Waals surface area contributed by atoms with E-state index in [1.807, 2.05) is 57.2 Å². The van der Waals surface area contributed by atoms with Crippen LogP contribution in [-0.4, -0.2) is 64.6 Å². The van der Waals surface area contributed by atoms with Crippen LogP contribution in [0.5, 0.6) is 5.75 Å². The Morgan fingerprint density at radius 2 is 1.91 bits per heavy atom. The highest BCUT2D eigenvalue weighted by Crippen LogP contribution is 2.27. The van der Waals surface area contributed by atoms with Gasteiger partial charge in [-0.25, -0.2) is 4.68 Å². The number of aromatic nitrogens is 3. The molecule has 0 saturated heterocycles. The second kappa shape index (κ2) is 11.1. The summed E-state index contributed by atoms with van der Waals surface area (Å²) in [7, 11) is 3.13. The van der Waals surface area contributed by atoms with Crippen LogP contribution in [0.1, 0.15) is 38.8 Å². The lowest BCUT2D eigenvalue weighted by Crippen LogP contribution is -2.51. The topological polar surface area (TPSA) is 98.6 Å². The van der Waals surface area contributed by atoms with E-state index in [9.17, 15) is 9.59 Å². The molecule has 0 bridgehead atoms. The van der Waals surface area contributed by atoms with Crippen molar-refractivity contribution in [2.45, 2.75) is 45.3 Å². The van der Waals surface area contributed by atoms with E-state index in [0.29, 0.717) is 16.8 Å². The Balaban J connectivity index is 2.00. The van der Waals surface area contributed by atoms with E-state index in [1.54, 1.807) is 31.0 Å². The molecule has 2 aromatic carbocycles. The molecule has 0 aliphatic rings. The zero-order valence-corrected chi connectivity index (χ0v) is 20.4. The third-order valence-corrected chi connectivity index (χ3v) is 5.88. The van der Waals surface area contributed by atoms with Crippen LogP contribution in [0.3, 0.4) is 0 Å². The number of para-hydroxylation sites is 1. The fourth-order valence-electron chi connectivity index (χ4n) is 3.62. The first-order valence-corrected chi connectivity index (χ1v) is 11.3. The minimum atomic E-state index is -0.877. The van der Waals surface area contributed by atoms with Gasteiger partial charge in [0.05, 0.1) is 19.2 Å². The van der Waals surface area contributed by atoms with Crippen molar-refractivity contribution >= 4 is 22.8 Å². The number of amides is 2. The number of hydrogen-bond donors (Lipinski definition) is 1. The zero-order valence-electron chi connectivity index (χ0n) is 20.4. The van der Waals surface area contributed by atoms with Gasteiger partial charge in [0.25, 0.3) is 0 Å². The summed E-state index contributed by atoms with van der Waals surface area (Å²) < 4.78 is 12.2. The van der Waals surface area contributed by atoms with E-state index in [1.165, 1.54) is 4.90 Å². The number of hydrogen-bond acceptors (Lipinski definition) is 6. The van der Waals surface area contributed by atoms with Crippen molar-refractivity contribution in [2.75, 3.05) is 27.4 Å². The average molecular weight is 468 g/mol. The number of ether oxygens (including phenoxy) is 2. The molecule has 3 rings (SSSR count). The van der Waals surface area contributed by atoms with Crippen LogP contribution in [0.4, 0.5) is 0 Å². The molecule has 34 heavy (non-hydrogen) atoms.